The Kier molecular flexibility index (Phi) is 4.24. The lowest BCUT2D eigenvalue weighted by Gasteiger charge is -2.23. The molecule has 0 amide bonds. The molecule has 0 saturated carbocycles. The summed E-state index contributed by atoms with van der Waals surface area (Å²) in [4.78, 5) is 2.27. The van der Waals surface area contributed by atoms with E-state index in [9.17, 15) is 0 Å². The van der Waals surface area contributed by atoms with Gasteiger partial charge in [0.25, 0.3) is 0 Å². The summed E-state index contributed by atoms with van der Waals surface area (Å²) in [6, 6.07) is 18.6. The fourth-order valence-corrected chi connectivity index (χ4v) is 2.01. The zero-order valence-electron chi connectivity index (χ0n) is 11.0. The van der Waals surface area contributed by atoms with Gasteiger partial charge in [0, 0.05) is 17.9 Å². The van der Waals surface area contributed by atoms with Crippen LogP contribution in [0.25, 0.3) is 0 Å². The van der Waals surface area contributed by atoms with Gasteiger partial charge in [-0.3, -0.25) is 0 Å². The van der Waals surface area contributed by atoms with Gasteiger partial charge in [0.2, 0.25) is 0 Å². The van der Waals surface area contributed by atoms with Crippen molar-refractivity contribution >= 4 is 11.4 Å². The molecule has 94 valence electrons. The van der Waals surface area contributed by atoms with Crippen LogP contribution in [0.5, 0.6) is 5.75 Å². The van der Waals surface area contributed by atoms with Gasteiger partial charge in [-0.15, -0.1) is 0 Å². The van der Waals surface area contributed by atoms with E-state index < -0.39 is 0 Å². The smallest absolute Gasteiger partial charge is 0.119 e. The molecule has 0 radical (unpaired) electrons. The van der Waals surface area contributed by atoms with Gasteiger partial charge >= 0.3 is 0 Å². The number of ether oxygens (including phenoxy) is 1. The van der Waals surface area contributed by atoms with E-state index in [4.69, 9.17) is 4.74 Å². The minimum absolute atomic E-state index is 0.704. The van der Waals surface area contributed by atoms with E-state index in [1.807, 2.05) is 25.1 Å². The van der Waals surface area contributed by atoms with Crippen LogP contribution in [0.1, 0.15) is 13.8 Å². The first-order valence-electron chi connectivity index (χ1n) is 6.40. The average Bonchev–Trinajstić information content (AvgIpc) is 2.43. The highest BCUT2D eigenvalue weighted by Gasteiger charge is 2.06. The summed E-state index contributed by atoms with van der Waals surface area (Å²) in [7, 11) is 0. The molecule has 2 aromatic rings. The second kappa shape index (κ2) is 6.10. The second-order valence-electron chi connectivity index (χ2n) is 4.01. The van der Waals surface area contributed by atoms with Gasteiger partial charge in [-0.1, -0.05) is 18.2 Å². The summed E-state index contributed by atoms with van der Waals surface area (Å²) in [5.41, 5.74) is 2.40. The summed E-state index contributed by atoms with van der Waals surface area (Å²) in [5, 5.41) is 0. The first kappa shape index (κ1) is 12.5. The van der Waals surface area contributed by atoms with E-state index in [2.05, 4.69) is 48.2 Å². The third-order valence-corrected chi connectivity index (χ3v) is 2.84. The maximum absolute atomic E-state index is 5.46. The highest BCUT2D eigenvalue weighted by atomic mass is 16.5. The SMILES string of the molecule is CCOc1ccc(N(CC)c2ccccc2)cc1. The topological polar surface area (TPSA) is 12.5 Å². The molecule has 0 heterocycles. The van der Waals surface area contributed by atoms with Crippen molar-refractivity contribution in [3.63, 3.8) is 0 Å². The van der Waals surface area contributed by atoms with Crippen LogP contribution in [0.2, 0.25) is 0 Å². The van der Waals surface area contributed by atoms with Gasteiger partial charge in [0.15, 0.2) is 0 Å². The van der Waals surface area contributed by atoms with Crippen molar-refractivity contribution in [2.24, 2.45) is 0 Å². The zero-order valence-corrected chi connectivity index (χ0v) is 11.0. The van der Waals surface area contributed by atoms with Crippen LogP contribution in [0.4, 0.5) is 11.4 Å². The van der Waals surface area contributed by atoms with E-state index in [0.717, 1.165) is 12.3 Å². The Bertz CT molecular complexity index is 464. The van der Waals surface area contributed by atoms with Gasteiger partial charge < -0.3 is 9.64 Å². The molecule has 2 heteroatoms. The Morgan fingerprint density at radius 2 is 1.44 bits per heavy atom. The third-order valence-electron chi connectivity index (χ3n) is 2.84. The molecule has 2 rings (SSSR count). The summed E-state index contributed by atoms with van der Waals surface area (Å²) >= 11 is 0. The van der Waals surface area contributed by atoms with Crippen LogP contribution in [-0.2, 0) is 0 Å². The minimum Gasteiger partial charge on any atom is -0.494 e. The monoisotopic (exact) mass is 241 g/mol. The molecule has 0 aliphatic heterocycles. The molecular weight excluding hydrogens is 222 g/mol. The lowest BCUT2D eigenvalue weighted by atomic mass is 10.2. The largest absolute Gasteiger partial charge is 0.494 e. The first-order chi connectivity index (χ1) is 8.85. The summed E-state index contributed by atoms with van der Waals surface area (Å²) in [6.07, 6.45) is 0. The van der Waals surface area contributed by atoms with E-state index in [-0.39, 0.29) is 0 Å². The van der Waals surface area contributed by atoms with Crippen LogP contribution in [0, 0.1) is 0 Å². The Morgan fingerprint density at radius 3 is 2.00 bits per heavy atom. The van der Waals surface area contributed by atoms with Crippen LogP contribution < -0.4 is 9.64 Å². The molecule has 2 nitrogen and oxygen atoms in total. The number of hydrogen-bond acceptors (Lipinski definition) is 2. The number of para-hydroxylation sites is 1. The number of benzene rings is 2. The highest BCUT2D eigenvalue weighted by molar-refractivity contribution is 5.63. The molecule has 0 bridgehead atoms. The van der Waals surface area contributed by atoms with Crippen LogP contribution in [0.3, 0.4) is 0 Å². The molecule has 0 unspecified atom stereocenters. The third kappa shape index (κ3) is 2.83. The number of nitrogens with zero attached hydrogens (tertiary/aromatic N) is 1. The predicted molar refractivity (Wildman–Crippen MR) is 76.7 cm³/mol. The van der Waals surface area contributed by atoms with Crippen molar-refractivity contribution < 1.29 is 4.74 Å². The quantitative estimate of drug-likeness (QED) is 0.776. The Morgan fingerprint density at radius 1 is 0.833 bits per heavy atom. The van der Waals surface area contributed by atoms with E-state index >= 15 is 0 Å². The second-order valence-corrected chi connectivity index (χ2v) is 4.01. The molecule has 18 heavy (non-hydrogen) atoms. The maximum Gasteiger partial charge on any atom is 0.119 e. The lowest BCUT2D eigenvalue weighted by molar-refractivity contribution is 0.340. The van der Waals surface area contributed by atoms with Gasteiger partial charge in [0.1, 0.15) is 5.75 Å². The number of hydrogen-bond donors (Lipinski definition) is 0. The number of anilines is 2. The van der Waals surface area contributed by atoms with Crippen molar-refractivity contribution in [3.8, 4) is 5.75 Å². The molecule has 0 fully saturated rings. The summed E-state index contributed by atoms with van der Waals surface area (Å²) in [6.45, 7) is 5.80. The molecule has 0 saturated heterocycles. The van der Waals surface area contributed by atoms with E-state index in [1.165, 1.54) is 11.4 Å². The number of rotatable bonds is 5. The van der Waals surface area contributed by atoms with Crippen molar-refractivity contribution in [2.45, 2.75) is 13.8 Å². The first-order valence-corrected chi connectivity index (χ1v) is 6.40. The molecule has 0 atom stereocenters. The maximum atomic E-state index is 5.46. The lowest BCUT2D eigenvalue weighted by Crippen LogP contribution is -2.15. The average molecular weight is 241 g/mol. The summed E-state index contributed by atoms with van der Waals surface area (Å²) in [5.74, 6) is 0.922. The highest BCUT2D eigenvalue weighted by Crippen LogP contribution is 2.26. The minimum atomic E-state index is 0.704. The van der Waals surface area contributed by atoms with Crippen LogP contribution in [0.15, 0.2) is 54.6 Å². The Balaban J connectivity index is 2.23. The molecule has 0 aliphatic carbocycles. The van der Waals surface area contributed by atoms with Crippen molar-refractivity contribution in [2.75, 3.05) is 18.1 Å². The van der Waals surface area contributed by atoms with Crippen molar-refractivity contribution in [3.05, 3.63) is 54.6 Å². The fourth-order valence-electron chi connectivity index (χ4n) is 2.01. The van der Waals surface area contributed by atoms with Gasteiger partial charge in [-0.25, -0.2) is 0 Å². The van der Waals surface area contributed by atoms with Crippen LogP contribution in [-0.4, -0.2) is 13.2 Å². The molecule has 0 N–H and O–H groups in total. The van der Waals surface area contributed by atoms with E-state index in [1.54, 1.807) is 0 Å². The van der Waals surface area contributed by atoms with Gasteiger partial charge in [-0.2, -0.15) is 0 Å². The van der Waals surface area contributed by atoms with Gasteiger partial charge in [-0.05, 0) is 50.2 Å². The zero-order chi connectivity index (χ0) is 12.8. The summed E-state index contributed by atoms with van der Waals surface area (Å²) < 4.78 is 5.46. The van der Waals surface area contributed by atoms with Gasteiger partial charge in [0.05, 0.1) is 6.61 Å². The molecule has 0 aliphatic rings. The Labute approximate surface area is 109 Å². The Hall–Kier alpha value is -1.96. The molecule has 0 spiro atoms. The normalized spacial score (nSPS) is 10.1. The van der Waals surface area contributed by atoms with E-state index in [0.29, 0.717) is 6.61 Å². The standard InChI is InChI=1S/C16H19NO/c1-3-17(14-8-6-5-7-9-14)15-10-12-16(13-11-15)18-4-2/h5-13H,3-4H2,1-2H3. The molecular formula is C16H19NO. The molecule has 0 aromatic heterocycles. The fraction of sp³-hybridized carbons (Fsp3) is 0.250. The van der Waals surface area contributed by atoms with Crippen molar-refractivity contribution in [1.82, 2.24) is 0 Å². The van der Waals surface area contributed by atoms with Crippen LogP contribution >= 0.6 is 0 Å². The predicted octanol–water partition coefficient (Wildman–Crippen LogP) is 4.24. The van der Waals surface area contributed by atoms with Crippen molar-refractivity contribution in [1.29, 1.82) is 0 Å². The molecule has 2 aromatic carbocycles.